The fourth-order valence-electron chi connectivity index (χ4n) is 2.35. The van der Waals surface area contributed by atoms with Crippen LogP contribution in [0.25, 0.3) is 0 Å². The minimum absolute atomic E-state index is 0.249. The SMILES string of the molecule is Cc1nn(C)c(CC(=O)C2(C)CCCN2)c1Br. The third kappa shape index (κ3) is 2.31. The smallest absolute Gasteiger partial charge is 0.158 e. The molecule has 0 aliphatic carbocycles. The Hall–Kier alpha value is -0.680. The number of carbonyl (C=O) groups excluding carboxylic acids is 1. The van der Waals surface area contributed by atoms with Crippen molar-refractivity contribution in [2.45, 2.75) is 38.6 Å². The zero-order valence-corrected chi connectivity index (χ0v) is 12.1. The first-order valence-electron chi connectivity index (χ1n) is 5.90. The summed E-state index contributed by atoms with van der Waals surface area (Å²) in [7, 11) is 1.88. The van der Waals surface area contributed by atoms with Crippen molar-refractivity contribution in [2.24, 2.45) is 7.05 Å². The minimum atomic E-state index is -0.350. The van der Waals surface area contributed by atoms with E-state index in [0.717, 1.165) is 35.2 Å². The van der Waals surface area contributed by atoms with Crippen LogP contribution in [0.5, 0.6) is 0 Å². The number of aromatic nitrogens is 2. The van der Waals surface area contributed by atoms with Crippen LogP contribution < -0.4 is 5.32 Å². The maximum atomic E-state index is 12.3. The van der Waals surface area contributed by atoms with Gasteiger partial charge in [-0.15, -0.1) is 0 Å². The molecule has 1 aliphatic rings. The molecule has 4 nitrogen and oxygen atoms in total. The van der Waals surface area contributed by atoms with Gasteiger partial charge in [0.1, 0.15) is 0 Å². The second-order valence-electron chi connectivity index (χ2n) is 4.93. The van der Waals surface area contributed by atoms with E-state index in [1.807, 2.05) is 20.9 Å². The van der Waals surface area contributed by atoms with Crippen molar-refractivity contribution in [2.75, 3.05) is 6.54 Å². The molecule has 17 heavy (non-hydrogen) atoms. The summed E-state index contributed by atoms with van der Waals surface area (Å²) in [6.07, 6.45) is 2.44. The lowest BCUT2D eigenvalue weighted by molar-refractivity contribution is -0.123. The van der Waals surface area contributed by atoms with Crippen LogP contribution >= 0.6 is 15.9 Å². The van der Waals surface area contributed by atoms with Gasteiger partial charge in [-0.1, -0.05) is 0 Å². The van der Waals surface area contributed by atoms with Gasteiger partial charge in [0.05, 0.1) is 27.8 Å². The molecule has 0 bridgehead atoms. The third-order valence-corrected chi connectivity index (χ3v) is 4.61. The molecule has 1 aliphatic heterocycles. The van der Waals surface area contributed by atoms with Crippen LogP contribution in [0.1, 0.15) is 31.2 Å². The Balaban J connectivity index is 2.18. The van der Waals surface area contributed by atoms with Gasteiger partial charge < -0.3 is 5.32 Å². The fourth-order valence-corrected chi connectivity index (χ4v) is 2.83. The van der Waals surface area contributed by atoms with E-state index in [1.54, 1.807) is 4.68 Å². The normalized spacial score (nSPS) is 24.2. The van der Waals surface area contributed by atoms with Gasteiger partial charge in [-0.25, -0.2) is 0 Å². The lowest BCUT2D eigenvalue weighted by Gasteiger charge is -2.22. The Kier molecular flexibility index (Phi) is 3.41. The van der Waals surface area contributed by atoms with Crippen molar-refractivity contribution in [1.82, 2.24) is 15.1 Å². The van der Waals surface area contributed by atoms with E-state index in [0.29, 0.717) is 6.42 Å². The van der Waals surface area contributed by atoms with E-state index in [-0.39, 0.29) is 11.3 Å². The summed E-state index contributed by atoms with van der Waals surface area (Å²) in [5, 5.41) is 7.61. The molecule has 0 spiro atoms. The van der Waals surface area contributed by atoms with Crippen LogP contribution in [-0.4, -0.2) is 27.6 Å². The first-order valence-corrected chi connectivity index (χ1v) is 6.69. The number of nitrogens with zero attached hydrogens (tertiary/aromatic N) is 2. The number of aryl methyl sites for hydroxylation is 2. The zero-order chi connectivity index (χ0) is 12.6. The van der Waals surface area contributed by atoms with Crippen molar-refractivity contribution < 1.29 is 4.79 Å². The number of hydrogen-bond donors (Lipinski definition) is 1. The van der Waals surface area contributed by atoms with Gasteiger partial charge in [0.25, 0.3) is 0 Å². The summed E-state index contributed by atoms with van der Waals surface area (Å²) in [6, 6.07) is 0. The molecule has 2 rings (SSSR count). The predicted octanol–water partition coefficient (Wildman–Crippen LogP) is 1.74. The largest absolute Gasteiger partial charge is 0.305 e. The van der Waals surface area contributed by atoms with Gasteiger partial charge in [0.2, 0.25) is 0 Å². The third-order valence-electron chi connectivity index (χ3n) is 3.57. The summed E-state index contributed by atoms with van der Waals surface area (Å²) in [5.74, 6) is 0.249. The molecule has 2 heterocycles. The maximum absolute atomic E-state index is 12.3. The van der Waals surface area contributed by atoms with Crippen LogP contribution in [0.3, 0.4) is 0 Å². The van der Waals surface area contributed by atoms with E-state index >= 15 is 0 Å². The topological polar surface area (TPSA) is 46.9 Å². The Morgan fingerprint density at radius 2 is 2.35 bits per heavy atom. The van der Waals surface area contributed by atoms with Gasteiger partial charge in [0, 0.05) is 7.05 Å². The lowest BCUT2D eigenvalue weighted by atomic mass is 9.91. The Morgan fingerprint density at radius 3 is 2.82 bits per heavy atom. The Morgan fingerprint density at radius 1 is 1.65 bits per heavy atom. The average Bonchev–Trinajstić information content (AvgIpc) is 2.80. The standard InChI is InChI=1S/C12H18BrN3O/c1-8-11(13)9(16(3)15-8)7-10(17)12(2)5-4-6-14-12/h14H,4-7H2,1-3H3. The molecule has 1 atom stereocenters. The zero-order valence-electron chi connectivity index (χ0n) is 10.5. The van der Waals surface area contributed by atoms with E-state index in [2.05, 4.69) is 26.3 Å². The molecular weight excluding hydrogens is 282 g/mol. The average molecular weight is 300 g/mol. The molecule has 1 aromatic rings. The molecular formula is C12H18BrN3O. The number of ketones is 1. The van der Waals surface area contributed by atoms with Crippen molar-refractivity contribution >= 4 is 21.7 Å². The molecule has 1 N–H and O–H groups in total. The summed E-state index contributed by atoms with van der Waals surface area (Å²) in [4.78, 5) is 12.3. The fraction of sp³-hybridized carbons (Fsp3) is 0.667. The quantitative estimate of drug-likeness (QED) is 0.925. The van der Waals surface area contributed by atoms with Crippen LogP contribution in [0, 0.1) is 6.92 Å². The first kappa shape index (κ1) is 12.8. The van der Waals surface area contributed by atoms with Crippen molar-refractivity contribution in [1.29, 1.82) is 0 Å². The summed E-state index contributed by atoms with van der Waals surface area (Å²) >= 11 is 3.50. The Labute approximate surface area is 110 Å². The van der Waals surface area contributed by atoms with Crippen LogP contribution in [-0.2, 0) is 18.3 Å². The van der Waals surface area contributed by atoms with Crippen molar-refractivity contribution in [3.05, 3.63) is 15.9 Å². The second-order valence-corrected chi connectivity index (χ2v) is 5.73. The van der Waals surface area contributed by atoms with Crippen molar-refractivity contribution in [3.63, 3.8) is 0 Å². The highest BCUT2D eigenvalue weighted by Crippen LogP contribution is 2.25. The van der Waals surface area contributed by atoms with Crippen LogP contribution in [0.4, 0.5) is 0 Å². The highest BCUT2D eigenvalue weighted by atomic mass is 79.9. The minimum Gasteiger partial charge on any atom is -0.305 e. The molecule has 1 fully saturated rings. The van der Waals surface area contributed by atoms with Gasteiger partial charge in [0.15, 0.2) is 5.78 Å². The molecule has 0 radical (unpaired) electrons. The first-order chi connectivity index (χ1) is 7.94. The van der Waals surface area contributed by atoms with Gasteiger partial charge in [-0.3, -0.25) is 9.48 Å². The Bertz CT molecular complexity index is 447. The monoisotopic (exact) mass is 299 g/mol. The predicted molar refractivity (Wildman–Crippen MR) is 70.0 cm³/mol. The number of rotatable bonds is 3. The number of nitrogens with one attached hydrogen (secondary N) is 1. The van der Waals surface area contributed by atoms with Gasteiger partial charge in [-0.2, -0.15) is 5.10 Å². The molecule has 1 aromatic heterocycles. The highest BCUT2D eigenvalue weighted by Gasteiger charge is 2.36. The maximum Gasteiger partial charge on any atom is 0.158 e. The number of carbonyl (C=O) groups is 1. The summed E-state index contributed by atoms with van der Waals surface area (Å²) in [5.41, 5.74) is 1.54. The van der Waals surface area contributed by atoms with E-state index in [1.165, 1.54) is 0 Å². The van der Waals surface area contributed by atoms with Crippen LogP contribution in [0.15, 0.2) is 4.47 Å². The summed E-state index contributed by atoms with van der Waals surface area (Å²) in [6.45, 7) is 4.88. The second kappa shape index (κ2) is 4.53. The van der Waals surface area contributed by atoms with Gasteiger partial charge in [-0.05, 0) is 49.2 Å². The van der Waals surface area contributed by atoms with E-state index in [4.69, 9.17) is 0 Å². The summed E-state index contributed by atoms with van der Waals surface area (Å²) < 4.78 is 2.74. The van der Waals surface area contributed by atoms with E-state index < -0.39 is 0 Å². The number of Topliss-reactive ketones (excluding diaryl/α,β-unsaturated/α-hetero) is 1. The van der Waals surface area contributed by atoms with Crippen LogP contribution in [0.2, 0.25) is 0 Å². The molecule has 0 amide bonds. The lowest BCUT2D eigenvalue weighted by Crippen LogP contribution is -2.45. The molecule has 0 saturated carbocycles. The highest BCUT2D eigenvalue weighted by molar-refractivity contribution is 9.10. The molecule has 1 saturated heterocycles. The number of halogens is 1. The molecule has 1 unspecified atom stereocenters. The van der Waals surface area contributed by atoms with E-state index in [9.17, 15) is 4.79 Å². The molecule has 0 aromatic carbocycles. The molecule has 94 valence electrons. The van der Waals surface area contributed by atoms with Crippen molar-refractivity contribution in [3.8, 4) is 0 Å². The van der Waals surface area contributed by atoms with Gasteiger partial charge >= 0.3 is 0 Å². The number of hydrogen-bond acceptors (Lipinski definition) is 3. The molecule has 5 heteroatoms.